The lowest BCUT2D eigenvalue weighted by Gasteiger charge is -2.17. The molecule has 1 aromatic rings. The molecule has 0 fully saturated rings. The number of nitrogens with one attached hydrogen (secondary N) is 1. The van der Waals surface area contributed by atoms with Gasteiger partial charge in [0.05, 0.1) is 6.61 Å². The second kappa shape index (κ2) is 10.1. The number of ether oxygens (including phenoxy) is 2. The monoisotopic (exact) mass is 251 g/mol. The maximum Gasteiger partial charge on any atom is 0.0591 e. The first-order chi connectivity index (χ1) is 8.88. The van der Waals surface area contributed by atoms with E-state index in [0.29, 0.717) is 6.04 Å². The molecule has 1 rings (SSSR count). The molecule has 0 heterocycles. The highest BCUT2D eigenvalue weighted by Crippen LogP contribution is 2.15. The molecular formula is C15H25NO2. The number of hydrogen-bond acceptors (Lipinski definition) is 3. The summed E-state index contributed by atoms with van der Waals surface area (Å²) in [6, 6.07) is 11.0. The van der Waals surface area contributed by atoms with E-state index in [1.807, 2.05) is 0 Å². The number of benzene rings is 1. The summed E-state index contributed by atoms with van der Waals surface area (Å²) < 4.78 is 10.5. The van der Waals surface area contributed by atoms with Crippen molar-refractivity contribution in [3.63, 3.8) is 0 Å². The Hall–Kier alpha value is -0.900. The van der Waals surface area contributed by atoms with Gasteiger partial charge in [-0.05, 0) is 18.4 Å². The third-order valence-corrected chi connectivity index (χ3v) is 2.88. The minimum Gasteiger partial charge on any atom is -0.385 e. The standard InChI is InChI=1S/C15H25NO2/c1-3-15(14-8-5-4-6-9-14)16-10-13-18-12-7-11-17-2/h4-6,8-9,15-16H,3,7,10-13H2,1-2H3. The third-order valence-electron chi connectivity index (χ3n) is 2.88. The first kappa shape index (κ1) is 15.2. The second-order valence-electron chi connectivity index (χ2n) is 4.28. The topological polar surface area (TPSA) is 30.5 Å². The highest BCUT2D eigenvalue weighted by atomic mass is 16.5. The van der Waals surface area contributed by atoms with Crippen LogP contribution in [0.3, 0.4) is 0 Å². The summed E-state index contributed by atoms with van der Waals surface area (Å²) in [7, 11) is 1.72. The van der Waals surface area contributed by atoms with Crippen molar-refractivity contribution in [1.82, 2.24) is 5.32 Å². The van der Waals surface area contributed by atoms with Crippen LogP contribution in [-0.2, 0) is 9.47 Å². The van der Waals surface area contributed by atoms with Gasteiger partial charge in [0.2, 0.25) is 0 Å². The van der Waals surface area contributed by atoms with E-state index in [2.05, 4.69) is 42.6 Å². The molecule has 0 amide bonds. The van der Waals surface area contributed by atoms with Crippen molar-refractivity contribution in [2.45, 2.75) is 25.8 Å². The van der Waals surface area contributed by atoms with E-state index in [4.69, 9.17) is 9.47 Å². The fraction of sp³-hybridized carbons (Fsp3) is 0.600. The highest BCUT2D eigenvalue weighted by Gasteiger charge is 2.06. The molecule has 0 aliphatic rings. The minimum atomic E-state index is 0.425. The van der Waals surface area contributed by atoms with Gasteiger partial charge in [-0.3, -0.25) is 0 Å². The Bertz CT molecular complexity index is 290. The lowest BCUT2D eigenvalue weighted by Crippen LogP contribution is -2.25. The van der Waals surface area contributed by atoms with Crippen molar-refractivity contribution in [2.24, 2.45) is 0 Å². The molecule has 0 saturated heterocycles. The van der Waals surface area contributed by atoms with Crippen molar-refractivity contribution >= 4 is 0 Å². The van der Waals surface area contributed by atoms with Gasteiger partial charge in [-0.25, -0.2) is 0 Å². The van der Waals surface area contributed by atoms with Crippen LogP contribution in [0.5, 0.6) is 0 Å². The van der Waals surface area contributed by atoms with E-state index in [0.717, 1.165) is 39.2 Å². The zero-order valence-electron chi connectivity index (χ0n) is 11.5. The van der Waals surface area contributed by atoms with Crippen molar-refractivity contribution in [3.05, 3.63) is 35.9 Å². The van der Waals surface area contributed by atoms with Gasteiger partial charge >= 0.3 is 0 Å². The van der Waals surface area contributed by atoms with Crippen LogP contribution in [0.1, 0.15) is 31.4 Å². The van der Waals surface area contributed by atoms with Gasteiger partial charge in [0.1, 0.15) is 0 Å². The highest BCUT2D eigenvalue weighted by molar-refractivity contribution is 5.18. The summed E-state index contributed by atoms with van der Waals surface area (Å²) in [5.74, 6) is 0. The summed E-state index contributed by atoms with van der Waals surface area (Å²) >= 11 is 0. The predicted molar refractivity (Wildman–Crippen MR) is 74.8 cm³/mol. The Kier molecular flexibility index (Phi) is 8.47. The smallest absolute Gasteiger partial charge is 0.0591 e. The fourth-order valence-corrected chi connectivity index (χ4v) is 1.90. The number of rotatable bonds is 10. The largest absolute Gasteiger partial charge is 0.385 e. The molecule has 1 atom stereocenters. The molecule has 0 aliphatic heterocycles. The second-order valence-corrected chi connectivity index (χ2v) is 4.28. The summed E-state index contributed by atoms with van der Waals surface area (Å²) in [5, 5.41) is 3.52. The van der Waals surface area contributed by atoms with Gasteiger partial charge in [-0.1, -0.05) is 37.3 Å². The van der Waals surface area contributed by atoms with Crippen LogP contribution >= 0.6 is 0 Å². The average molecular weight is 251 g/mol. The minimum absolute atomic E-state index is 0.425. The quantitative estimate of drug-likeness (QED) is 0.649. The van der Waals surface area contributed by atoms with Crippen molar-refractivity contribution in [1.29, 1.82) is 0 Å². The predicted octanol–water partition coefficient (Wildman–Crippen LogP) is 2.78. The number of methoxy groups -OCH3 is 1. The van der Waals surface area contributed by atoms with E-state index < -0.39 is 0 Å². The first-order valence-corrected chi connectivity index (χ1v) is 6.73. The molecule has 0 bridgehead atoms. The molecule has 3 nitrogen and oxygen atoms in total. The Morgan fingerprint density at radius 3 is 2.56 bits per heavy atom. The van der Waals surface area contributed by atoms with Crippen molar-refractivity contribution < 1.29 is 9.47 Å². The third kappa shape index (κ3) is 6.15. The lowest BCUT2D eigenvalue weighted by atomic mass is 10.1. The van der Waals surface area contributed by atoms with E-state index in [9.17, 15) is 0 Å². The van der Waals surface area contributed by atoms with Gasteiger partial charge in [0, 0.05) is 32.9 Å². The van der Waals surface area contributed by atoms with Crippen LogP contribution in [0.15, 0.2) is 30.3 Å². The van der Waals surface area contributed by atoms with Crippen LogP contribution in [0.2, 0.25) is 0 Å². The van der Waals surface area contributed by atoms with Crippen LogP contribution < -0.4 is 5.32 Å². The lowest BCUT2D eigenvalue weighted by molar-refractivity contribution is 0.103. The maximum atomic E-state index is 5.52. The zero-order valence-corrected chi connectivity index (χ0v) is 11.5. The van der Waals surface area contributed by atoms with Gasteiger partial charge < -0.3 is 14.8 Å². The summed E-state index contributed by atoms with van der Waals surface area (Å²) in [6.45, 7) is 5.39. The molecule has 0 radical (unpaired) electrons. The summed E-state index contributed by atoms with van der Waals surface area (Å²) in [4.78, 5) is 0. The normalized spacial score (nSPS) is 12.6. The molecule has 1 N–H and O–H groups in total. The van der Waals surface area contributed by atoms with Gasteiger partial charge in [-0.2, -0.15) is 0 Å². The Labute approximate surface area is 110 Å². The number of hydrogen-bond donors (Lipinski definition) is 1. The molecule has 3 heteroatoms. The van der Waals surface area contributed by atoms with Crippen LogP contribution in [0.4, 0.5) is 0 Å². The molecular weight excluding hydrogens is 226 g/mol. The van der Waals surface area contributed by atoms with Crippen LogP contribution in [0, 0.1) is 0 Å². The SMILES string of the molecule is CCC(NCCOCCCOC)c1ccccc1. The molecule has 1 unspecified atom stereocenters. The zero-order chi connectivity index (χ0) is 13.1. The summed E-state index contributed by atoms with van der Waals surface area (Å²) in [5.41, 5.74) is 1.35. The van der Waals surface area contributed by atoms with Crippen LogP contribution in [0.25, 0.3) is 0 Å². The Morgan fingerprint density at radius 1 is 1.11 bits per heavy atom. The van der Waals surface area contributed by atoms with Crippen molar-refractivity contribution in [3.8, 4) is 0 Å². The van der Waals surface area contributed by atoms with Gasteiger partial charge in [0.25, 0.3) is 0 Å². The molecule has 0 aromatic heterocycles. The fourth-order valence-electron chi connectivity index (χ4n) is 1.90. The Morgan fingerprint density at radius 2 is 1.89 bits per heavy atom. The van der Waals surface area contributed by atoms with E-state index in [-0.39, 0.29) is 0 Å². The molecule has 102 valence electrons. The van der Waals surface area contributed by atoms with Crippen molar-refractivity contribution in [2.75, 3.05) is 33.5 Å². The van der Waals surface area contributed by atoms with Crippen LogP contribution in [-0.4, -0.2) is 33.5 Å². The van der Waals surface area contributed by atoms with Gasteiger partial charge in [-0.15, -0.1) is 0 Å². The van der Waals surface area contributed by atoms with E-state index in [1.54, 1.807) is 7.11 Å². The molecule has 1 aromatic carbocycles. The summed E-state index contributed by atoms with van der Waals surface area (Å²) in [6.07, 6.45) is 2.06. The molecule has 0 saturated carbocycles. The molecule has 0 spiro atoms. The van der Waals surface area contributed by atoms with Gasteiger partial charge in [0.15, 0.2) is 0 Å². The molecule has 18 heavy (non-hydrogen) atoms. The average Bonchev–Trinajstić information content (AvgIpc) is 2.43. The first-order valence-electron chi connectivity index (χ1n) is 6.73. The maximum absolute atomic E-state index is 5.52. The molecule has 0 aliphatic carbocycles. The van der Waals surface area contributed by atoms with E-state index in [1.165, 1.54) is 5.56 Å². The Balaban J connectivity index is 2.13. The van der Waals surface area contributed by atoms with E-state index >= 15 is 0 Å².